The zero-order valence-corrected chi connectivity index (χ0v) is 34.0. The molecule has 1 unspecified atom stereocenters. The molecule has 5 amide bonds. The van der Waals surface area contributed by atoms with Gasteiger partial charge in [-0.3, -0.25) is 39.1 Å². The monoisotopic (exact) mass is 805 g/mol. The molecule has 4 aliphatic heterocycles. The second-order valence-corrected chi connectivity index (χ2v) is 17.8. The van der Waals surface area contributed by atoms with E-state index >= 15 is 0 Å². The number of nitrogens with zero attached hydrogens (tertiary/aromatic N) is 5. The molecule has 0 spiro atoms. The Morgan fingerprint density at radius 2 is 1.55 bits per heavy atom. The number of hydrogen-bond acceptors (Lipinski definition) is 10. The number of piperazine rings is 1. The van der Waals surface area contributed by atoms with Gasteiger partial charge in [-0.1, -0.05) is 39.3 Å². The molecule has 4 heterocycles. The van der Waals surface area contributed by atoms with Gasteiger partial charge in [0, 0.05) is 92.1 Å². The largest absolute Gasteiger partial charge is 0.489 e. The summed E-state index contributed by atoms with van der Waals surface area (Å²) in [6.45, 7) is 14.6. The van der Waals surface area contributed by atoms with Gasteiger partial charge in [0.15, 0.2) is 0 Å². The molecule has 0 radical (unpaired) electrons. The van der Waals surface area contributed by atoms with Crippen LogP contribution < -0.4 is 25.2 Å². The summed E-state index contributed by atoms with van der Waals surface area (Å²) < 4.78 is 6.38. The summed E-state index contributed by atoms with van der Waals surface area (Å²) in [5.74, 6) is -1.01. The molecule has 1 aliphatic carbocycles. The van der Waals surface area contributed by atoms with E-state index in [4.69, 9.17) is 16.3 Å². The highest BCUT2D eigenvalue weighted by Crippen LogP contribution is 2.55. The topological polar surface area (TPSA) is 155 Å². The molecular weight excluding hydrogens is 758 g/mol. The van der Waals surface area contributed by atoms with E-state index in [1.165, 1.54) is 0 Å². The van der Waals surface area contributed by atoms with Crippen molar-refractivity contribution in [3.8, 4) is 11.8 Å². The van der Waals surface area contributed by atoms with Crippen LogP contribution in [-0.4, -0.2) is 103 Å². The first-order chi connectivity index (χ1) is 27.6. The van der Waals surface area contributed by atoms with Crippen LogP contribution in [0.1, 0.15) is 83.6 Å². The van der Waals surface area contributed by atoms with Crippen LogP contribution in [0.2, 0.25) is 5.02 Å². The molecule has 3 aromatic rings. The summed E-state index contributed by atoms with van der Waals surface area (Å²) in [5.41, 5.74) is 2.85. The van der Waals surface area contributed by atoms with Crippen molar-refractivity contribution in [2.45, 2.75) is 65.1 Å². The van der Waals surface area contributed by atoms with E-state index in [-0.39, 0.29) is 47.3 Å². The van der Waals surface area contributed by atoms with Gasteiger partial charge in [-0.05, 0) is 73.4 Å². The van der Waals surface area contributed by atoms with Crippen LogP contribution in [0.4, 0.5) is 11.4 Å². The maximum Gasteiger partial charge on any atom is 0.262 e. The van der Waals surface area contributed by atoms with Gasteiger partial charge in [-0.2, -0.15) is 5.26 Å². The normalized spacial score (nSPS) is 25.2. The smallest absolute Gasteiger partial charge is 0.262 e. The van der Waals surface area contributed by atoms with Crippen molar-refractivity contribution in [2.75, 3.05) is 55.6 Å². The minimum atomic E-state index is -0.979. The van der Waals surface area contributed by atoms with Crippen LogP contribution in [0, 0.1) is 28.1 Å². The van der Waals surface area contributed by atoms with Crippen molar-refractivity contribution in [3.63, 3.8) is 0 Å². The second kappa shape index (κ2) is 15.1. The number of carbonyl (C=O) groups is 5. The molecule has 302 valence electrons. The van der Waals surface area contributed by atoms with Gasteiger partial charge in [0.05, 0.1) is 21.7 Å². The molecule has 1 saturated carbocycles. The van der Waals surface area contributed by atoms with Crippen molar-refractivity contribution in [1.82, 2.24) is 20.4 Å². The molecule has 8 rings (SSSR count). The number of carbonyl (C=O) groups excluding carboxylic acids is 5. The Hall–Kier alpha value is -5.45. The Balaban J connectivity index is 0.809. The van der Waals surface area contributed by atoms with E-state index in [1.807, 2.05) is 30.3 Å². The molecule has 4 fully saturated rings. The molecule has 13 nitrogen and oxygen atoms in total. The Labute approximate surface area is 343 Å². The van der Waals surface area contributed by atoms with Crippen molar-refractivity contribution in [3.05, 3.63) is 87.9 Å². The van der Waals surface area contributed by atoms with Gasteiger partial charge >= 0.3 is 0 Å². The maximum absolute atomic E-state index is 13.5. The lowest BCUT2D eigenvalue weighted by molar-refractivity contribution is -0.164. The maximum atomic E-state index is 13.5. The first-order valence-electron chi connectivity index (χ1n) is 20.0. The summed E-state index contributed by atoms with van der Waals surface area (Å²) in [7, 11) is 0. The average Bonchev–Trinajstić information content (AvgIpc) is 3.77. The Kier molecular flexibility index (Phi) is 10.2. The molecule has 5 aliphatic rings. The second-order valence-electron chi connectivity index (χ2n) is 17.4. The zero-order valence-electron chi connectivity index (χ0n) is 33.2. The van der Waals surface area contributed by atoms with E-state index in [0.29, 0.717) is 33.4 Å². The van der Waals surface area contributed by atoms with Crippen molar-refractivity contribution in [1.29, 1.82) is 5.26 Å². The number of fused-ring (bicyclic) bond motifs is 1. The lowest BCUT2D eigenvalue weighted by atomic mass is 9.49. The van der Waals surface area contributed by atoms with E-state index in [0.717, 1.165) is 68.5 Å². The van der Waals surface area contributed by atoms with Crippen molar-refractivity contribution >= 4 is 52.5 Å². The third-order valence-corrected chi connectivity index (χ3v) is 13.2. The number of nitriles is 1. The van der Waals surface area contributed by atoms with Crippen LogP contribution in [0.5, 0.6) is 5.75 Å². The highest BCUT2D eigenvalue weighted by atomic mass is 35.5. The van der Waals surface area contributed by atoms with Crippen LogP contribution in [0.3, 0.4) is 0 Å². The molecule has 58 heavy (non-hydrogen) atoms. The SMILES string of the molecule is CC1(C)C(NC(=O)c2ccc(N3CC[C@@H](CN4CCN(c5ccc6c(c5)C(=O)N(C5CCC(=O)NC5=O)C6=O)CC4)C3)cc2)C(C)(C)C1Oc1ccc(C#N)c(Cl)c1. The molecule has 3 saturated heterocycles. The van der Waals surface area contributed by atoms with Gasteiger partial charge in [0.1, 0.15) is 24.0 Å². The number of ether oxygens (including phenoxy) is 1. The number of amides is 5. The Morgan fingerprint density at radius 3 is 2.22 bits per heavy atom. The van der Waals surface area contributed by atoms with Crippen LogP contribution >= 0.6 is 11.6 Å². The third-order valence-electron chi connectivity index (χ3n) is 12.9. The summed E-state index contributed by atoms with van der Waals surface area (Å²) >= 11 is 6.25. The number of imide groups is 2. The van der Waals surface area contributed by atoms with Gasteiger partial charge in [0.25, 0.3) is 17.7 Å². The first kappa shape index (κ1) is 39.4. The predicted molar refractivity (Wildman–Crippen MR) is 218 cm³/mol. The van der Waals surface area contributed by atoms with Crippen molar-refractivity contribution < 1.29 is 28.7 Å². The van der Waals surface area contributed by atoms with Crippen LogP contribution in [0.15, 0.2) is 60.7 Å². The van der Waals surface area contributed by atoms with Gasteiger partial charge in [0.2, 0.25) is 11.8 Å². The molecule has 3 aromatic carbocycles. The van der Waals surface area contributed by atoms with E-state index in [2.05, 4.69) is 59.1 Å². The number of anilines is 2. The van der Waals surface area contributed by atoms with E-state index < -0.39 is 29.7 Å². The number of halogens is 1. The fourth-order valence-corrected chi connectivity index (χ4v) is 10.3. The molecule has 2 N–H and O–H groups in total. The molecule has 0 bridgehead atoms. The number of piperidine rings is 1. The highest BCUT2D eigenvalue weighted by Gasteiger charge is 2.64. The number of rotatable bonds is 9. The quantitative estimate of drug-likeness (QED) is 0.286. The highest BCUT2D eigenvalue weighted by molar-refractivity contribution is 6.31. The van der Waals surface area contributed by atoms with E-state index in [1.54, 1.807) is 30.3 Å². The molecule has 0 aromatic heterocycles. The summed E-state index contributed by atoms with van der Waals surface area (Å²) in [4.78, 5) is 72.2. The number of hydrogen-bond donors (Lipinski definition) is 2. The summed E-state index contributed by atoms with van der Waals surface area (Å²) in [6, 6.07) is 19.2. The fraction of sp³-hybridized carbons (Fsp3) is 0.455. The van der Waals surface area contributed by atoms with Gasteiger partial charge < -0.3 is 19.9 Å². The van der Waals surface area contributed by atoms with E-state index in [9.17, 15) is 29.2 Å². The van der Waals surface area contributed by atoms with Crippen LogP contribution in [0.25, 0.3) is 0 Å². The first-order valence-corrected chi connectivity index (χ1v) is 20.4. The predicted octanol–water partition coefficient (Wildman–Crippen LogP) is 4.87. The minimum Gasteiger partial charge on any atom is -0.489 e. The average molecular weight is 806 g/mol. The molecule has 2 atom stereocenters. The lowest BCUT2D eigenvalue weighted by Gasteiger charge is -2.63. The number of benzene rings is 3. The standard InChI is InChI=1S/C44H48ClN7O6/c1-43(2)41(44(3,4)42(43)58-31-11-7-28(23-46)34(45)22-31)48-37(54)27-5-8-29(9-6-27)51-16-15-26(25-51)24-49-17-19-50(20-18-49)30-10-12-32-33(21-30)40(57)52(39(32)56)35-13-14-36(53)47-38(35)55/h5-12,21-22,26,35,41-42H,13-20,24-25H2,1-4H3,(H,48,54)(H,47,53,55)/t26-,35?,41?,42?/m0/s1. The van der Waals surface area contributed by atoms with Crippen LogP contribution in [-0.2, 0) is 9.59 Å². The number of nitrogens with one attached hydrogen (secondary N) is 2. The third kappa shape index (κ3) is 7.06. The fourth-order valence-electron chi connectivity index (χ4n) is 10.1. The Morgan fingerprint density at radius 1 is 0.862 bits per heavy atom. The molecule has 14 heteroatoms. The molecular formula is C44H48ClN7O6. The summed E-state index contributed by atoms with van der Waals surface area (Å²) in [5, 5.41) is 15.1. The zero-order chi connectivity index (χ0) is 41.1. The van der Waals surface area contributed by atoms with Crippen molar-refractivity contribution in [2.24, 2.45) is 16.7 Å². The minimum absolute atomic E-state index is 0.0871. The summed E-state index contributed by atoms with van der Waals surface area (Å²) in [6.07, 6.45) is 1.11. The van der Waals surface area contributed by atoms with Gasteiger partial charge in [-0.15, -0.1) is 0 Å². The Bertz CT molecular complexity index is 2210. The lowest BCUT2D eigenvalue weighted by Crippen LogP contribution is -2.74. The van der Waals surface area contributed by atoms with Gasteiger partial charge in [-0.25, -0.2) is 0 Å².